The summed E-state index contributed by atoms with van der Waals surface area (Å²) < 4.78 is 0. The van der Waals surface area contributed by atoms with Crippen LogP contribution in [0.3, 0.4) is 0 Å². The lowest BCUT2D eigenvalue weighted by molar-refractivity contribution is 0.433. The van der Waals surface area contributed by atoms with Crippen LogP contribution in [0, 0.1) is 5.92 Å². The SMILES string of the molecule is CCCC(C)C(N)c1ccc(SC)cc1. The molecule has 2 atom stereocenters. The summed E-state index contributed by atoms with van der Waals surface area (Å²) in [6.45, 7) is 4.44. The van der Waals surface area contributed by atoms with Gasteiger partial charge in [-0.15, -0.1) is 11.8 Å². The number of thioether (sulfide) groups is 1. The summed E-state index contributed by atoms with van der Waals surface area (Å²) >= 11 is 1.77. The van der Waals surface area contributed by atoms with Crippen molar-refractivity contribution in [2.75, 3.05) is 6.26 Å². The second-order valence-corrected chi connectivity index (χ2v) is 4.94. The maximum Gasteiger partial charge on any atom is 0.0320 e. The molecule has 0 amide bonds. The molecule has 0 heterocycles. The summed E-state index contributed by atoms with van der Waals surface area (Å²) in [6, 6.07) is 8.79. The molecule has 0 saturated carbocycles. The van der Waals surface area contributed by atoms with Crippen molar-refractivity contribution < 1.29 is 0 Å². The van der Waals surface area contributed by atoms with Crippen LogP contribution in [0.5, 0.6) is 0 Å². The van der Waals surface area contributed by atoms with Gasteiger partial charge in [-0.1, -0.05) is 32.4 Å². The predicted octanol–water partition coefficient (Wildman–Crippen LogP) is 3.84. The zero-order chi connectivity index (χ0) is 11.3. The molecule has 2 unspecified atom stereocenters. The van der Waals surface area contributed by atoms with Gasteiger partial charge in [0.15, 0.2) is 0 Å². The van der Waals surface area contributed by atoms with E-state index in [0.29, 0.717) is 5.92 Å². The predicted molar refractivity (Wildman–Crippen MR) is 69.2 cm³/mol. The number of rotatable bonds is 5. The third-order valence-corrected chi connectivity index (χ3v) is 3.60. The van der Waals surface area contributed by atoms with Crippen molar-refractivity contribution in [2.45, 2.75) is 37.6 Å². The van der Waals surface area contributed by atoms with Gasteiger partial charge in [0, 0.05) is 10.9 Å². The first-order valence-electron chi connectivity index (χ1n) is 5.58. The zero-order valence-corrected chi connectivity index (χ0v) is 10.7. The second-order valence-electron chi connectivity index (χ2n) is 4.06. The van der Waals surface area contributed by atoms with Gasteiger partial charge in [0.25, 0.3) is 0 Å². The minimum atomic E-state index is 0.181. The molecule has 0 radical (unpaired) electrons. The zero-order valence-electron chi connectivity index (χ0n) is 9.86. The monoisotopic (exact) mass is 223 g/mol. The van der Waals surface area contributed by atoms with Crippen LogP contribution in [0.15, 0.2) is 29.2 Å². The molecule has 0 bridgehead atoms. The van der Waals surface area contributed by atoms with E-state index < -0.39 is 0 Å². The van der Waals surface area contributed by atoms with E-state index in [1.54, 1.807) is 11.8 Å². The van der Waals surface area contributed by atoms with Gasteiger partial charge in [0.1, 0.15) is 0 Å². The van der Waals surface area contributed by atoms with E-state index in [1.807, 2.05) is 0 Å². The highest BCUT2D eigenvalue weighted by Crippen LogP contribution is 2.24. The molecule has 0 aliphatic rings. The van der Waals surface area contributed by atoms with Crippen molar-refractivity contribution in [3.63, 3.8) is 0 Å². The molecular weight excluding hydrogens is 202 g/mol. The first-order valence-corrected chi connectivity index (χ1v) is 6.81. The molecule has 1 nitrogen and oxygen atoms in total. The van der Waals surface area contributed by atoms with Gasteiger partial charge in [-0.3, -0.25) is 0 Å². The molecule has 0 saturated heterocycles. The highest BCUT2D eigenvalue weighted by Gasteiger charge is 2.13. The van der Waals surface area contributed by atoms with E-state index in [1.165, 1.54) is 23.3 Å². The van der Waals surface area contributed by atoms with Crippen LogP contribution in [0.25, 0.3) is 0 Å². The largest absolute Gasteiger partial charge is 0.324 e. The molecule has 15 heavy (non-hydrogen) atoms. The first-order chi connectivity index (χ1) is 7.19. The summed E-state index contributed by atoms with van der Waals surface area (Å²) in [5.41, 5.74) is 7.47. The molecule has 1 aromatic rings. The highest BCUT2D eigenvalue weighted by molar-refractivity contribution is 7.98. The Hall–Kier alpha value is -0.470. The van der Waals surface area contributed by atoms with Crippen LogP contribution in [0.1, 0.15) is 38.3 Å². The van der Waals surface area contributed by atoms with Crippen LogP contribution in [-0.4, -0.2) is 6.26 Å². The van der Waals surface area contributed by atoms with Crippen LogP contribution in [0.2, 0.25) is 0 Å². The summed E-state index contributed by atoms with van der Waals surface area (Å²) in [4.78, 5) is 1.30. The fraction of sp³-hybridized carbons (Fsp3) is 0.538. The average molecular weight is 223 g/mol. The van der Waals surface area contributed by atoms with E-state index in [-0.39, 0.29) is 6.04 Å². The standard InChI is InChI=1S/C13H21NS/c1-4-5-10(2)13(14)11-6-8-12(15-3)9-7-11/h6-10,13H,4-5,14H2,1-3H3. The third kappa shape index (κ3) is 3.54. The van der Waals surface area contributed by atoms with Gasteiger partial charge in [-0.25, -0.2) is 0 Å². The summed E-state index contributed by atoms with van der Waals surface area (Å²) in [6.07, 6.45) is 4.50. The molecule has 0 spiro atoms. The van der Waals surface area contributed by atoms with Crippen LogP contribution < -0.4 is 5.73 Å². The smallest absolute Gasteiger partial charge is 0.0320 e. The Labute approximate surface area is 97.4 Å². The Bertz CT molecular complexity index is 281. The van der Waals surface area contributed by atoms with E-state index in [4.69, 9.17) is 5.73 Å². The van der Waals surface area contributed by atoms with Gasteiger partial charge in [-0.2, -0.15) is 0 Å². The van der Waals surface area contributed by atoms with Gasteiger partial charge < -0.3 is 5.73 Å². The fourth-order valence-corrected chi connectivity index (χ4v) is 2.20. The van der Waals surface area contributed by atoms with E-state index in [9.17, 15) is 0 Å². The number of benzene rings is 1. The van der Waals surface area contributed by atoms with Crippen LogP contribution in [-0.2, 0) is 0 Å². The maximum atomic E-state index is 6.21. The molecular formula is C13H21NS. The number of hydrogen-bond acceptors (Lipinski definition) is 2. The quantitative estimate of drug-likeness (QED) is 0.767. The van der Waals surface area contributed by atoms with E-state index in [2.05, 4.69) is 44.4 Å². The van der Waals surface area contributed by atoms with E-state index >= 15 is 0 Å². The van der Waals surface area contributed by atoms with Crippen molar-refractivity contribution in [3.8, 4) is 0 Å². The topological polar surface area (TPSA) is 26.0 Å². The van der Waals surface area contributed by atoms with Gasteiger partial charge in [0.05, 0.1) is 0 Å². The average Bonchev–Trinajstić information content (AvgIpc) is 2.28. The van der Waals surface area contributed by atoms with E-state index in [0.717, 1.165) is 0 Å². The molecule has 1 aromatic carbocycles. The molecule has 0 aliphatic heterocycles. The maximum absolute atomic E-state index is 6.21. The van der Waals surface area contributed by atoms with Gasteiger partial charge >= 0.3 is 0 Å². The van der Waals surface area contributed by atoms with Crippen molar-refractivity contribution in [1.29, 1.82) is 0 Å². The molecule has 0 fully saturated rings. The van der Waals surface area contributed by atoms with Crippen molar-refractivity contribution in [1.82, 2.24) is 0 Å². The first kappa shape index (κ1) is 12.6. The van der Waals surface area contributed by atoms with Gasteiger partial charge in [0.2, 0.25) is 0 Å². The van der Waals surface area contributed by atoms with Crippen molar-refractivity contribution in [3.05, 3.63) is 29.8 Å². The Morgan fingerprint density at radius 2 is 1.87 bits per heavy atom. The Morgan fingerprint density at radius 1 is 1.27 bits per heavy atom. The van der Waals surface area contributed by atoms with Crippen molar-refractivity contribution >= 4 is 11.8 Å². The lowest BCUT2D eigenvalue weighted by Gasteiger charge is -2.19. The minimum absolute atomic E-state index is 0.181. The Balaban J connectivity index is 2.69. The molecule has 2 N–H and O–H groups in total. The minimum Gasteiger partial charge on any atom is -0.324 e. The summed E-state index contributed by atoms with van der Waals surface area (Å²) in [7, 11) is 0. The highest BCUT2D eigenvalue weighted by atomic mass is 32.2. The van der Waals surface area contributed by atoms with Crippen LogP contribution >= 0.6 is 11.8 Å². The van der Waals surface area contributed by atoms with Crippen LogP contribution in [0.4, 0.5) is 0 Å². The second kappa shape index (κ2) is 6.19. The summed E-state index contributed by atoms with van der Waals surface area (Å²) in [5.74, 6) is 0.565. The molecule has 0 aromatic heterocycles. The number of nitrogens with two attached hydrogens (primary N) is 1. The van der Waals surface area contributed by atoms with Gasteiger partial charge in [-0.05, 0) is 36.3 Å². The number of hydrogen-bond donors (Lipinski definition) is 1. The lowest BCUT2D eigenvalue weighted by Crippen LogP contribution is -2.18. The third-order valence-electron chi connectivity index (χ3n) is 2.86. The summed E-state index contributed by atoms with van der Waals surface area (Å²) in [5, 5.41) is 0. The van der Waals surface area contributed by atoms with Crippen molar-refractivity contribution in [2.24, 2.45) is 11.7 Å². The Kier molecular flexibility index (Phi) is 5.20. The normalized spacial score (nSPS) is 14.9. The lowest BCUT2D eigenvalue weighted by atomic mass is 9.92. The Morgan fingerprint density at radius 3 is 2.33 bits per heavy atom. The molecule has 1 rings (SSSR count). The molecule has 2 heteroatoms. The molecule has 0 aliphatic carbocycles. The fourth-order valence-electron chi connectivity index (χ4n) is 1.79. The molecule has 84 valence electrons.